The normalized spacial score (nSPS) is 37.2. The second-order valence-corrected chi connectivity index (χ2v) is 7.12. The van der Waals surface area contributed by atoms with Gasteiger partial charge in [0.1, 0.15) is 0 Å². The van der Waals surface area contributed by atoms with Crippen LogP contribution < -0.4 is 10.6 Å². The average molecular weight is 238 g/mol. The first kappa shape index (κ1) is 13.4. The molecule has 0 radical (unpaired) electrons. The van der Waals surface area contributed by atoms with E-state index >= 15 is 0 Å². The monoisotopic (exact) mass is 238 g/mol. The van der Waals surface area contributed by atoms with Crippen molar-refractivity contribution < 1.29 is 0 Å². The molecule has 2 aliphatic rings. The summed E-state index contributed by atoms with van der Waals surface area (Å²) in [7, 11) is 0. The molecule has 0 aromatic rings. The van der Waals surface area contributed by atoms with E-state index in [4.69, 9.17) is 0 Å². The third-order valence-corrected chi connectivity index (χ3v) is 5.04. The predicted octanol–water partition coefficient (Wildman–Crippen LogP) is 2.93. The molecule has 1 heterocycles. The maximum atomic E-state index is 3.86. The van der Waals surface area contributed by atoms with Gasteiger partial charge in [-0.25, -0.2) is 0 Å². The molecule has 1 saturated heterocycles. The molecule has 2 unspecified atom stereocenters. The van der Waals surface area contributed by atoms with Crippen molar-refractivity contribution in [1.29, 1.82) is 0 Å². The van der Waals surface area contributed by atoms with Gasteiger partial charge in [-0.15, -0.1) is 0 Å². The van der Waals surface area contributed by atoms with Gasteiger partial charge in [-0.05, 0) is 55.9 Å². The van der Waals surface area contributed by atoms with Crippen LogP contribution >= 0.6 is 0 Å². The van der Waals surface area contributed by atoms with E-state index in [2.05, 4.69) is 31.4 Å². The molecule has 2 nitrogen and oxygen atoms in total. The van der Waals surface area contributed by atoms with E-state index in [1.54, 1.807) is 0 Å². The maximum Gasteiger partial charge on any atom is 0.00725 e. The number of hydrogen-bond acceptors (Lipinski definition) is 2. The number of piperidine rings is 1. The van der Waals surface area contributed by atoms with E-state index in [0.29, 0.717) is 10.8 Å². The number of hydrogen-bond donors (Lipinski definition) is 2. The highest BCUT2D eigenvalue weighted by atomic mass is 15.0. The van der Waals surface area contributed by atoms with Gasteiger partial charge in [0.15, 0.2) is 0 Å². The lowest BCUT2D eigenvalue weighted by molar-refractivity contribution is 0.184. The third kappa shape index (κ3) is 3.45. The second-order valence-electron chi connectivity index (χ2n) is 7.12. The lowest BCUT2D eigenvalue weighted by Gasteiger charge is -2.38. The summed E-state index contributed by atoms with van der Waals surface area (Å²) in [6.07, 6.45) is 8.19. The summed E-state index contributed by atoms with van der Waals surface area (Å²) in [6.45, 7) is 10.8. The molecular formula is C15H30N2. The highest BCUT2D eigenvalue weighted by Crippen LogP contribution is 2.37. The van der Waals surface area contributed by atoms with Crippen molar-refractivity contribution in [2.45, 2.75) is 65.3 Å². The van der Waals surface area contributed by atoms with Crippen LogP contribution in [0.15, 0.2) is 0 Å². The average Bonchev–Trinajstić information content (AvgIpc) is 2.68. The first-order chi connectivity index (χ1) is 8.05. The first-order valence-corrected chi connectivity index (χ1v) is 7.49. The molecule has 0 aromatic heterocycles. The Kier molecular flexibility index (Phi) is 4.14. The van der Waals surface area contributed by atoms with Crippen LogP contribution in [0.5, 0.6) is 0 Å². The fourth-order valence-electron chi connectivity index (χ4n) is 3.58. The van der Waals surface area contributed by atoms with Crippen molar-refractivity contribution in [2.24, 2.45) is 10.8 Å². The van der Waals surface area contributed by atoms with Crippen LogP contribution in [0.1, 0.15) is 59.3 Å². The molecule has 1 aliphatic heterocycles. The van der Waals surface area contributed by atoms with E-state index in [1.807, 2.05) is 0 Å². The molecule has 2 atom stereocenters. The van der Waals surface area contributed by atoms with Gasteiger partial charge in [0, 0.05) is 19.1 Å². The summed E-state index contributed by atoms with van der Waals surface area (Å²) in [6, 6.07) is 0.773. The molecule has 0 bridgehead atoms. The van der Waals surface area contributed by atoms with Crippen LogP contribution in [0.4, 0.5) is 0 Å². The molecule has 2 heteroatoms. The Bertz CT molecular complexity index is 241. The summed E-state index contributed by atoms with van der Waals surface area (Å²) < 4.78 is 0. The Labute approximate surface area is 107 Å². The number of rotatable bonds is 4. The smallest absolute Gasteiger partial charge is 0.00725 e. The molecule has 2 rings (SSSR count). The standard InChI is InChI=1S/C15H30N2/c1-4-15(7-5-9-16-11-15)12-17-13-6-8-14(2,3)10-13/h13,16-17H,4-12H2,1-3H3. The summed E-state index contributed by atoms with van der Waals surface area (Å²) in [5.41, 5.74) is 1.10. The molecule has 100 valence electrons. The third-order valence-electron chi connectivity index (χ3n) is 5.04. The summed E-state index contributed by atoms with van der Waals surface area (Å²) >= 11 is 0. The minimum Gasteiger partial charge on any atom is -0.316 e. The van der Waals surface area contributed by atoms with Gasteiger partial charge in [0.2, 0.25) is 0 Å². The van der Waals surface area contributed by atoms with Crippen molar-refractivity contribution in [2.75, 3.05) is 19.6 Å². The molecule has 0 amide bonds. The van der Waals surface area contributed by atoms with Crippen LogP contribution in [-0.2, 0) is 0 Å². The van der Waals surface area contributed by atoms with E-state index in [-0.39, 0.29) is 0 Å². The zero-order valence-electron chi connectivity index (χ0n) is 11.9. The Morgan fingerprint density at radius 2 is 2.12 bits per heavy atom. The maximum absolute atomic E-state index is 3.86. The molecule has 0 spiro atoms. The van der Waals surface area contributed by atoms with Gasteiger partial charge in [0.05, 0.1) is 0 Å². The lowest BCUT2D eigenvalue weighted by atomic mass is 9.78. The minimum absolute atomic E-state index is 0.533. The number of nitrogens with one attached hydrogen (secondary N) is 2. The van der Waals surface area contributed by atoms with Crippen molar-refractivity contribution >= 4 is 0 Å². The summed E-state index contributed by atoms with van der Waals surface area (Å²) in [5.74, 6) is 0. The first-order valence-electron chi connectivity index (χ1n) is 7.49. The molecule has 17 heavy (non-hydrogen) atoms. The highest BCUT2D eigenvalue weighted by molar-refractivity contribution is 4.91. The van der Waals surface area contributed by atoms with Crippen LogP contribution in [0, 0.1) is 10.8 Å². The van der Waals surface area contributed by atoms with Crippen LogP contribution in [0.2, 0.25) is 0 Å². The Morgan fingerprint density at radius 1 is 1.29 bits per heavy atom. The largest absolute Gasteiger partial charge is 0.316 e. The minimum atomic E-state index is 0.533. The van der Waals surface area contributed by atoms with E-state index < -0.39 is 0 Å². The molecule has 2 fully saturated rings. The predicted molar refractivity (Wildman–Crippen MR) is 74.3 cm³/mol. The van der Waals surface area contributed by atoms with Gasteiger partial charge in [-0.3, -0.25) is 0 Å². The zero-order valence-corrected chi connectivity index (χ0v) is 11.9. The van der Waals surface area contributed by atoms with Crippen molar-refractivity contribution in [3.63, 3.8) is 0 Å². The SMILES string of the molecule is CCC1(CNC2CCC(C)(C)C2)CCCNC1. The van der Waals surface area contributed by atoms with Gasteiger partial charge in [-0.2, -0.15) is 0 Å². The second kappa shape index (κ2) is 5.27. The Balaban J connectivity index is 1.80. The molecule has 0 aromatic carbocycles. The highest BCUT2D eigenvalue weighted by Gasteiger charge is 2.34. The quantitative estimate of drug-likeness (QED) is 0.787. The van der Waals surface area contributed by atoms with Crippen molar-refractivity contribution in [3.8, 4) is 0 Å². The molecule has 1 saturated carbocycles. The molecule has 2 N–H and O–H groups in total. The zero-order chi connectivity index (χ0) is 12.4. The Hall–Kier alpha value is -0.0800. The molecular weight excluding hydrogens is 208 g/mol. The fraction of sp³-hybridized carbons (Fsp3) is 1.00. The van der Waals surface area contributed by atoms with Gasteiger partial charge in [0.25, 0.3) is 0 Å². The van der Waals surface area contributed by atoms with Crippen molar-refractivity contribution in [3.05, 3.63) is 0 Å². The van der Waals surface area contributed by atoms with E-state index in [0.717, 1.165) is 6.04 Å². The van der Waals surface area contributed by atoms with Gasteiger partial charge >= 0.3 is 0 Å². The summed E-state index contributed by atoms with van der Waals surface area (Å²) in [5, 5.41) is 7.44. The van der Waals surface area contributed by atoms with Gasteiger partial charge in [-0.1, -0.05) is 20.8 Å². The summed E-state index contributed by atoms with van der Waals surface area (Å²) in [4.78, 5) is 0. The topological polar surface area (TPSA) is 24.1 Å². The molecule has 1 aliphatic carbocycles. The fourth-order valence-corrected chi connectivity index (χ4v) is 3.58. The van der Waals surface area contributed by atoms with E-state index in [1.165, 1.54) is 58.2 Å². The van der Waals surface area contributed by atoms with Crippen LogP contribution in [0.3, 0.4) is 0 Å². The van der Waals surface area contributed by atoms with Crippen LogP contribution in [-0.4, -0.2) is 25.7 Å². The van der Waals surface area contributed by atoms with Crippen molar-refractivity contribution in [1.82, 2.24) is 10.6 Å². The van der Waals surface area contributed by atoms with Crippen LogP contribution in [0.25, 0.3) is 0 Å². The van der Waals surface area contributed by atoms with E-state index in [9.17, 15) is 0 Å². The lowest BCUT2D eigenvalue weighted by Crippen LogP contribution is -2.47. The van der Waals surface area contributed by atoms with Gasteiger partial charge < -0.3 is 10.6 Å². The Morgan fingerprint density at radius 3 is 2.65 bits per heavy atom.